The lowest BCUT2D eigenvalue weighted by molar-refractivity contribution is 0.317. The quantitative estimate of drug-likeness (QED) is 0.765. The molecule has 0 heterocycles. The predicted molar refractivity (Wildman–Crippen MR) is 70.5 cm³/mol. The molecular weight excluding hydrogens is 214 g/mol. The summed E-state index contributed by atoms with van der Waals surface area (Å²) in [6.07, 6.45) is 2.26. The summed E-state index contributed by atoms with van der Waals surface area (Å²) in [7, 11) is 0. The van der Waals surface area contributed by atoms with Gasteiger partial charge in [0.15, 0.2) is 11.5 Å². The van der Waals surface area contributed by atoms with E-state index in [1.807, 2.05) is 19.1 Å². The molecule has 0 aromatic heterocycles. The van der Waals surface area contributed by atoms with Gasteiger partial charge >= 0.3 is 0 Å². The van der Waals surface area contributed by atoms with Crippen LogP contribution in [0.2, 0.25) is 0 Å². The van der Waals surface area contributed by atoms with Crippen LogP contribution in [0.1, 0.15) is 39.2 Å². The summed E-state index contributed by atoms with van der Waals surface area (Å²) in [6.45, 7) is 7.66. The van der Waals surface area contributed by atoms with E-state index in [4.69, 9.17) is 4.74 Å². The molecule has 3 heteroatoms. The van der Waals surface area contributed by atoms with E-state index >= 15 is 0 Å². The Morgan fingerprint density at radius 3 is 2.53 bits per heavy atom. The number of phenols is 1. The highest BCUT2D eigenvalue weighted by molar-refractivity contribution is 5.41. The monoisotopic (exact) mass is 237 g/mol. The Hall–Kier alpha value is -1.22. The third kappa shape index (κ3) is 4.27. The topological polar surface area (TPSA) is 41.5 Å². The number of benzene rings is 1. The summed E-state index contributed by atoms with van der Waals surface area (Å²) in [5, 5.41) is 13.1. The highest BCUT2D eigenvalue weighted by Gasteiger charge is 2.05. The van der Waals surface area contributed by atoms with E-state index < -0.39 is 0 Å². The third-order valence-electron chi connectivity index (χ3n) is 2.90. The van der Waals surface area contributed by atoms with Gasteiger partial charge in [-0.2, -0.15) is 0 Å². The largest absolute Gasteiger partial charge is 0.504 e. The number of ether oxygens (including phenoxy) is 1. The number of rotatable bonds is 7. The molecule has 1 aromatic carbocycles. The first-order valence-corrected chi connectivity index (χ1v) is 6.39. The minimum Gasteiger partial charge on any atom is -0.504 e. The molecule has 3 nitrogen and oxygen atoms in total. The van der Waals surface area contributed by atoms with Gasteiger partial charge in [0.2, 0.25) is 0 Å². The molecule has 96 valence electrons. The van der Waals surface area contributed by atoms with Crippen LogP contribution < -0.4 is 10.1 Å². The van der Waals surface area contributed by atoms with Gasteiger partial charge in [-0.25, -0.2) is 0 Å². The summed E-state index contributed by atoms with van der Waals surface area (Å²) >= 11 is 0. The Morgan fingerprint density at radius 1 is 1.24 bits per heavy atom. The normalized spacial score (nSPS) is 10.8. The maximum Gasteiger partial charge on any atom is 0.161 e. The molecule has 2 N–H and O–H groups in total. The zero-order chi connectivity index (χ0) is 12.7. The van der Waals surface area contributed by atoms with Gasteiger partial charge in [-0.1, -0.05) is 19.9 Å². The number of phenolic OH excluding ortho intramolecular Hbond substituents is 1. The molecule has 0 fully saturated rings. The van der Waals surface area contributed by atoms with Crippen LogP contribution in [-0.4, -0.2) is 17.8 Å². The minimum atomic E-state index is 0.207. The Balaban J connectivity index is 2.62. The fourth-order valence-electron chi connectivity index (χ4n) is 1.78. The lowest BCUT2D eigenvalue weighted by Crippen LogP contribution is -2.26. The van der Waals surface area contributed by atoms with Crippen molar-refractivity contribution in [2.75, 3.05) is 6.61 Å². The molecule has 0 aliphatic carbocycles. The second-order valence-electron chi connectivity index (χ2n) is 4.13. The number of hydrogen-bond acceptors (Lipinski definition) is 3. The van der Waals surface area contributed by atoms with Crippen molar-refractivity contribution < 1.29 is 9.84 Å². The Bertz CT molecular complexity index is 335. The predicted octanol–water partition coefficient (Wildman–Crippen LogP) is 3.07. The fourth-order valence-corrected chi connectivity index (χ4v) is 1.78. The average molecular weight is 237 g/mol. The van der Waals surface area contributed by atoms with Crippen LogP contribution in [-0.2, 0) is 6.54 Å². The summed E-state index contributed by atoms with van der Waals surface area (Å²) in [6, 6.07) is 6.07. The summed E-state index contributed by atoms with van der Waals surface area (Å²) < 4.78 is 5.36. The van der Waals surface area contributed by atoms with Crippen LogP contribution in [0.15, 0.2) is 18.2 Å². The van der Waals surface area contributed by atoms with Crippen LogP contribution in [0, 0.1) is 0 Å². The van der Waals surface area contributed by atoms with Gasteiger partial charge in [-0.15, -0.1) is 0 Å². The van der Waals surface area contributed by atoms with Crippen molar-refractivity contribution in [3.05, 3.63) is 23.8 Å². The third-order valence-corrected chi connectivity index (χ3v) is 2.90. The second-order valence-corrected chi connectivity index (χ2v) is 4.13. The second kappa shape index (κ2) is 7.17. The van der Waals surface area contributed by atoms with Crippen molar-refractivity contribution >= 4 is 0 Å². The molecule has 1 aromatic rings. The van der Waals surface area contributed by atoms with Crippen molar-refractivity contribution in [2.45, 2.75) is 46.2 Å². The molecule has 0 amide bonds. The van der Waals surface area contributed by atoms with E-state index in [9.17, 15) is 5.11 Å². The Morgan fingerprint density at radius 2 is 1.94 bits per heavy atom. The molecule has 17 heavy (non-hydrogen) atoms. The van der Waals surface area contributed by atoms with Crippen molar-refractivity contribution in [1.29, 1.82) is 0 Å². The average Bonchev–Trinajstić information content (AvgIpc) is 2.34. The van der Waals surface area contributed by atoms with Crippen LogP contribution >= 0.6 is 0 Å². The summed E-state index contributed by atoms with van der Waals surface area (Å²) in [5.41, 5.74) is 1.14. The van der Waals surface area contributed by atoms with E-state index in [2.05, 4.69) is 19.2 Å². The van der Waals surface area contributed by atoms with Gasteiger partial charge in [-0.05, 0) is 37.5 Å². The summed E-state index contributed by atoms with van der Waals surface area (Å²) in [4.78, 5) is 0. The van der Waals surface area contributed by atoms with Crippen LogP contribution in [0.5, 0.6) is 11.5 Å². The molecular formula is C14H23NO2. The summed E-state index contributed by atoms with van der Waals surface area (Å²) in [5.74, 6) is 0.773. The van der Waals surface area contributed by atoms with Gasteiger partial charge in [0, 0.05) is 12.6 Å². The van der Waals surface area contributed by atoms with Crippen molar-refractivity contribution in [1.82, 2.24) is 5.32 Å². The van der Waals surface area contributed by atoms with Gasteiger partial charge in [0.25, 0.3) is 0 Å². The van der Waals surface area contributed by atoms with Gasteiger partial charge in [0.05, 0.1) is 6.61 Å². The maximum absolute atomic E-state index is 9.59. The molecule has 0 saturated heterocycles. The Kier molecular flexibility index (Phi) is 5.84. The SMILES string of the molecule is CCOc1cc(CNC(CC)CC)ccc1O. The lowest BCUT2D eigenvalue weighted by Gasteiger charge is -2.15. The highest BCUT2D eigenvalue weighted by atomic mass is 16.5. The van der Waals surface area contributed by atoms with Crippen molar-refractivity contribution in [2.24, 2.45) is 0 Å². The first-order chi connectivity index (χ1) is 8.21. The Labute approximate surface area is 104 Å². The molecule has 0 aliphatic rings. The smallest absolute Gasteiger partial charge is 0.161 e. The molecule has 1 rings (SSSR count). The number of nitrogens with one attached hydrogen (secondary N) is 1. The fraction of sp³-hybridized carbons (Fsp3) is 0.571. The van der Waals surface area contributed by atoms with Crippen LogP contribution in [0.3, 0.4) is 0 Å². The molecule has 0 radical (unpaired) electrons. The van der Waals surface area contributed by atoms with E-state index in [-0.39, 0.29) is 5.75 Å². The highest BCUT2D eigenvalue weighted by Crippen LogP contribution is 2.26. The van der Waals surface area contributed by atoms with E-state index in [0.717, 1.165) is 24.9 Å². The molecule has 0 unspecified atom stereocenters. The first kappa shape index (κ1) is 13.8. The first-order valence-electron chi connectivity index (χ1n) is 6.39. The molecule has 0 bridgehead atoms. The van der Waals surface area contributed by atoms with Crippen molar-refractivity contribution in [3.63, 3.8) is 0 Å². The molecule has 0 aliphatic heterocycles. The number of aromatic hydroxyl groups is 1. The van der Waals surface area contributed by atoms with Gasteiger partial charge in [-0.3, -0.25) is 0 Å². The van der Waals surface area contributed by atoms with Crippen LogP contribution in [0.25, 0.3) is 0 Å². The molecule has 0 atom stereocenters. The van der Waals surface area contributed by atoms with E-state index in [1.54, 1.807) is 6.07 Å². The van der Waals surface area contributed by atoms with E-state index in [0.29, 0.717) is 18.4 Å². The molecule has 0 spiro atoms. The lowest BCUT2D eigenvalue weighted by atomic mass is 10.1. The van der Waals surface area contributed by atoms with Crippen LogP contribution in [0.4, 0.5) is 0 Å². The van der Waals surface area contributed by atoms with E-state index in [1.165, 1.54) is 0 Å². The maximum atomic E-state index is 9.59. The molecule has 0 saturated carbocycles. The number of hydrogen-bond donors (Lipinski definition) is 2. The zero-order valence-electron chi connectivity index (χ0n) is 11.0. The minimum absolute atomic E-state index is 0.207. The van der Waals surface area contributed by atoms with Gasteiger partial charge < -0.3 is 15.2 Å². The standard InChI is InChI=1S/C14H23NO2/c1-4-12(5-2)15-10-11-7-8-13(16)14(9-11)17-6-3/h7-9,12,15-16H,4-6,10H2,1-3H3. The zero-order valence-corrected chi connectivity index (χ0v) is 11.0. The van der Waals surface area contributed by atoms with Gasteiger partial charge in [0.1, 0.15) is 0 Å². The van der Waals surface area contributed by atoms with Crippen molar-refractivity contribution in [3.8, 4) is 11.5 Å².